The first-order chi connectivity index (χ1) is 10.1. The lowest BCUT2D eigenvalue weighted by molar-refractivity contribution is -0.133. The summed E-state index contributed by atoms with van der Waals surface area (Å²) in [7, 11) is 0. The Morgan fingerprint density at radius 2 is 1.90 bits per heavy atom. The SMILES string of the molecule is CC1(c2ccco2)C(=O)N(CCC#N)C(=O)N1CCC#N. The number of imide groups is 1. The molecule has 1 saturated heterocycles. The molecule has 108 valence electrons. The van der Waals surface area contributed by atoms with Gasteiger partial charge in [0.25, 0.3) is 5.91 Å². The standard InChI is InChI=1S/C14H14N4O3/c1-14(11-5-2-10-21-11)12(19)17(8-3-6-15)13(20)18(14)9-4-7-16/h2,5,10H,3-4,8-9H2,1H3. The Morgan fingerprint density at radius 1 is 1.24 bits per heavy atom. The Morgan fingerprint density at radius 3 is 2.48 bits per heavy atom. The molecule has 1 atom stereocenters. The normalized spacial score (nSPS) is 21.5. The highest BCUT2D eigenvalue weighted by Gasteiger charge is 2.56. The fourth-order valence-electron chi connectivity index (χ4n) is 2.44. The van der Waals surface area contributed by atoms with Crippen LogP contribution in [0.1, 0.15) is 25.5 Å². The van der Waals surface area contributed by atoms with Crippen LogP contribution < -0.4 is 0 Å². The second-order valence-corrected chi connectivity index (χ2v) is 4.76. The van der Waals surface area contributed by atoms with Crippen LogP contribution in [0.2, 0.25) is 0 Å². The van der Waals surface area contributed by atoms with Gasteiger partial charge in [0.05, 0.1) is 31.2 Å². The van der Waals surface area contributed by atoms with Gasteiger partial charge in [-0.05, 0) is 19.1 Å². The van der Waals surface area contributed by atoms with Crippen molar-refractivity contribution in [2.75, 3.05) is 13.1 Å². The molecule has 1 aromatic heterocycles. The van der Waals surface area contributed by atoms with E-state index in [1.54, 1.807) is 19.1 Å². The minimum absolute atomic E-state index is 0.0352. The van der Waals surface area contributed by atoms with Gasteiger partial charge in [-0.2, -0.15) is 10.5 Å². The van der Waals surface area contributed by atoms with Crippen LogP contribution in [0.25, 0.3) is 0 Å². The zero-order valence-corrected chi connectivity index (χ0v) is 11.6. The summed E-state index contributed by atoms with van der Waals surface area (Å²) < 4.78 is 5.31. The average molecular weight is 286 g/mol. The summed E-state index contributed by atoms with van der Waals surface area (Å²) in [4.78, 5) is 27.4. The number of carbonyl (C=O) groups excluding carboxylic acids is 2. The van der Waals surface area contributed by atoms with E-state index >= 15 is 0 Å². The van der Waals surface area contributed by atoms with Crippen LogP contribution in [0.15, 0.2) is 22.8 Å². The van der Waals surface area contributed by atoms with Crippen molar-refractivity contribution < 1.29 is 14.0 Å². The lowest BCUT2D eigenvalue weighted by atomic mass is 9.97. The molecule has 7 heteroatoms. The van der Waals surface area contributed by atoms with Gasteiger partial charge in [-0.25, -0.2) is 4.79 Å². The fourth-order valence-corrected chi connectivity index (χ4v) is 2.44. The summed E-state index contributed by atoms with van der Waals surface area (Å²) in [6.07, 6.45) is 1.61. The number of nitriles is 2. The summed E-state index contributed by atoms with van der Waals surface area (Å²) in [5, 5.41) is 17.4. The highest BCUT2D eigenvalue weighted by atomic mass is 16.3. The summed E-state index contributed by atoms with van der Waals surface area (Å²) >= 11 is 0. The predicted octanol–water partition coefficient (Wildman–Crippen LogP) is 1.59. The highest BCUT2D eigenvalue weighted by Crippen LogP contribution is 2.37. The number of urea groups is 1. The van der Waals surface area contributed by atoms with Gasteiger partial charge >= 0.3 is 6.03 Å². The van der Waals surface area contributed by atoms with Crippen LogP contribution in [-0.2, 0) is 10.3 Å². The Kier molecular flexibility index (Phi) is 3.95. The number of hydrogen-bond donors (Lipinski definition) is 0. The van der Waals surface area contributed by atoms with Crippen LogP contribution >= 0.6 is 0 Å². The molecule has 0 aliphatic carbocycles. The Labute approximate surface area is 121 Å². The molecule has 1 fully saturated rings. The molecule has 1 unspecified atom stereocenters. The fraction of sp³-hybridized carbons (Fsp3) is 0.429. The third-order valence-electron chi connectivity index (χ3n) is 3.56. The van der Waals surface area contributed by atoms with E-state index in [-0.39, 0.29) is 25.9 Å². The molecule has 1 aliphatic rings. The van der Waals surface area contributed by atoms with Crippen molar-refractivity contribution in [2.24, 2.45) is 0 Å². The molecule has 21 heavy (non-hydrogen) atoms. The number of nitrogens with zero attached hydrogens (tertiary/aromatic N) is 4. The quantitative estimate of drug-likeness (QED) is 0.765. The lowest BCUT2D eigenvalue weighted by Crippen LogP contribution is -2.44. The zero-order valence-electron chi connectivity index (χ0n) is 11.6. The van der Waals surface area contributed by atoms with Gasteiger partial charge in [0, 0.05) is 13.1 Å². The van der Waals surface area contributed by atoms with Gasteiger partial charge < -0.3 is 9.32 Å². The van der Waals surface area contributed by atoms with Crippen molar-refractivity contribution >= 4 is 11.9 Å². The number of rotatable bonds is 5. The van der Waals surface area contributed by atoms with E-state index in [0.717, 1.165) is 4.90 Å². The maximum Gasteiger partial charge on any atom is 0.328 e. The van der Waals surface area contributed by atoms with E-state index in [0.29, 0.717) is 5.76 Å². The first-order valence-corrected chi connectivity index (χ1v) is 6.48. The van der Waals surface area contributed by atoms with Crippen molar-refractivity contribution in [3.63, 3.8) is 0 Å². The molecule has 0 spiro atoms. The highest BCUT2D eigenvalue weighted by molar-refractivity contribution is 6.06. The molecule has 1 aromatic rings. The lowest BCUT2D eigenvalue weighted by Gasteiger charge is -2.29. The molecule has 0 bridgehead atoms. The van der Waals surface area contributed by atoms with Gasteiger partial charge in [0.2, 0.25) is 0 Å². The summed E-state index contributed by atoms with van der Waals surface area (Å²) in [5.41, 5.74) is -1.27. The number of amides is 3. The second-order valence-electron chi connectivity index (χ2n) is 4.76. The molecule has 1 aliphatic heterocycles. The first kappa shape index (κ1) is 14.6. The summed E-state index contributed by atoms with van der Waals surface area (Å²) in [6, 6.07) is 6.64. The van der Waals surface area contributed by atoms with Crippen LogP contribution in [-0.4, -0.2) is 34.8 Å². The summed E-state index contributed by atoms with van der Waals surface area (Å²) in [6.45, 7) is 1.75. The second kappa shape index (κ2) is 5.68. The maximum absolute atomic E-state index is 12.6. The van der Waals surface area contributed by atoms with Crippen LogP contribution in [0.4, 0.5) is 4.79 Å². The molecular formula is C14H14N4O3. The Balaban J connectivity index is 2.40. The molecule has 0 aromatic carbocycles. The molecule has 3 amide bonds. The van der Waals surface area contributed by atoms with Crippen molar-refractivity contribution in [1.82, 2.24) is 9.80 Å². The third kappa shape index (κ3) is 2.23. The van der Waals surface area contributed by atoms with E-state index in [1.807, 2.05) is 12.1 Å². The molecular weight excluding hydrogens is 272 g/mol. The average Bonchev–Trinajstić information content (AvgIpc) is 3.06. The topological polar surface area (TPSA) is 101 Å². The number of carbonyl (C=O) groups is 2. The molecule has 2 heterocycles. The summed E-state index contributed by atoms with van der Waals surface area (Å²) in [5.74, 6) is -0.0890. The smallest absolute Gasteiger partial charge is 0.328 e. The van der Waals surface area contributed by atoms with Gasteiger partial charge in [0.15, 0.2) is 5.54 Å². The molecule has 7 nitrogen and oxygen atoms in total. The molecule has 0 N–H and O–H groups in total. The van der Waals surface area contributed by atoms with Crippen molar-refractivity contribution in [2.45, 2.75) is 25.3 Å². The Bertz CT molecular complexity index is 626. The van der Waals surface area contributed by atoms with Gasteiger partial charge in [-0.1, -0.05) is 0 Å². The number of furan rings is 1. The van der Waals surface area contributed by atoms with Crippen LogP contribution in [0.3, 0.4) is 0 Å². The van der Waals surface area contributed by atoms with E-state index < -0.39 is 17.5 Å². The monoisotopic (exact) mass is 286 g/mol. The molecule has 0 radical (unpaired) electrons. The van der Waals surface area contributed by atoms with E-state index in [1.165, 1.54) is 11.2 Å². The van der Waals surface area contributed by atoms with Crippen LogP contribution in [0.5, 0.6) is 0 Å². The van der Waals surface area contributed by atoms with Crippen LogP contribution in [0, 0.1) is 22.7 Å². The molecule has 0 saturated carbocycles. The van der Waals surface area contributed by atoms with Crippen molar-refractivity contribution in [3.05, 3.63) is 24.2 Å². The van der Waals surface area contributed by atoms with E-state index in [2.05, 4.69) is 0 Å². The van der Waals surface area contributed by atoms with Gasteiger partial charge in [-0.3, -0.25) is 9.69 Å². The Hall–Kier alpha value is -2.80. The number of hydrogen-bond acceptors (Lipinski definition) is 5. The third-order valence-corrected chi connectivity index (χ3v) is 3.56. The van der Waals surface area contributed by atoms with Crippen molar-refractivity contribution in [3.8, 4) is 12.1 Å². The van der Waals surface area contributed by atoms with Gasteiger partial charge in [0.1, 0.15) is 5.76 Å². The van der Waals surface area contributed by atoms with Crippen molar-refractivity contribution in [1.29, 1.82) is 10.5 Å². The van der Waals surface area contributed by atoms with E-state index in [4.69, 9.17) is 14.9 Å². The predicted molar refractivity (Wildman–Crippen MR) is 70.3 cm³/mol. The largest absolute Gasteiger partial charge is 0.466 e. The van der Waals surface area contributed by atoms with Gasteiger partial charge in [-0.15, -0.1) is 0 Å². The zero-order chi connectivity index (χ0) is 15.5. The minimum atomic E-state index is -1.27. The molecule has 2 rings (SSSR count). The minimum Gasteiger partial charge on any atom is -0.466 e. The maximum atomic E-state index is 12.6. The van der Waals surface area contributed by atoms with E-state index in [9.17, 15) is 9.59 Å². The first-order valence-electron chi connectivity index (χ1n) is 6.48.